The van der Waals surface area contributed by atoms with E-state index in [-0.39, 0.29) is 12.5 Å². The van der Waals surface area contributed by atoms with Gasteiger partial charge in [0.05, 0.1) is 6.54 Å². The third kappa shape index (κ3) is 5.34. The quantitative estimate of drug-likeness (QED) is 0.705. The topological polar surface area (TPSA) is 70.2 Å². The standard InChI is InChI=1S/C21H27N3O2/c1-14(2)17-11-8-12-18(15(3)4)20(17)24-19(25)13-22-21(26)23-16-9-6-5-7-10-16/h5-12,14-15H,13H2,1-4H3,(H,24,25)(H2,22,23,26). The van der Waals surface area contributed by atoms with Crippen molar-refractivity contribution in [3.8, 4) is 0 Å². The summed E-state index contributed by atoms with van der Waals surface area (Å²) in [5.74, 6) is 0.333. The molecule has 26 heavy (non-hydrogen) atoms. The lowest BCUT2D eigenvalue weighted by Crippen LogP contribution is -2.36. The minimum absolute atomic E-state index is 0.0946. The van der Waals surface area contributed by atoms with Crippen LogP contribution in [0.2, 0.25) is 0 Å². The zero-order chi connectivity index (χ0) is 19.1. The van der Waals surface area contributed by atoms with E-state index in [4.69, 9.17) is 0 Å². The Kier molecular flexibility index (Phi) is 6.78. The van der Waals surface area contributed by atoms with Crippen molar-refractivity contribution < 1.29 is 9.59 Å². The maximum absolute atomic E-state index is 12.4. The summed E-state index contributed by atoms with van der Waals surface area (Å²) in [6.07, 6.45) is 0. The number of para-hydroxylation sites is 2. The van der Waals surface area contributed by atoms with Gasteiger partial charge in [-0.15, -0.1) is 0 Å². The Balaban J connectivity index is 2.00. The number of urea groups is 1. The number of hydrogen-bond donors (Lipinski definition) is 3. The zero-order valence-electron chi connectivity index (χ0n) is 15.8. The second-order valence-electron chi connectivity index (χ2n) is 6.84. The van der Waals surface area contributed by atoms with Crippen molar-refractivity contribution in [2.45, 2.75) is 39.5 Å². The second-order valence-corrected chi connectivity index (χ2v) is 6.84. The molecule has 0 atom stereocenters. The van der Waals surface area contributed by atoms with Gasteiger partial charge in [0.1, 0.15) is 0 Å². The monoisotopic (exact) mass is 353 g/mol. The van der Waals surface area contributed by atoms with Crippen LogP contribution in [-0.4, -0.2) is 18.5 Å². The number of anilines is 2. The van der Waals surface area contributed by atoms with Crippen LogP contribution in [0.5, 0.6) is 0 Å². The highest BCUT2D eigenvalue weighted by molar-refractivity contribution is 5.98. The third-order valence-corrected chi connectivity index (χ3v) is 4.08. The molecule has 138 valence electrons. The van der Waals surface area contributed by atoms with Gasteiger partial charge < -0.3 is 16.0 Å². The minimum Gasteiger partial charge on any atom is -0.329 e. The predicted octanol–water partition coefficient (Wildman–Crippen LogP) is 4.69. The molecule has 0 saturated heterocycles. The molecular formula is C21H27N3O2. The summed E-state index contributed by atoms with van der Waals surface area (Å²) in [5.41, 5.74) is 3.72. The van der Waals surface area contributed by atoms with Crippen LogP contribution in [0.4, 0.5) is 16.2 Å². The van der Waals surface area contributed by atoms with Crippen LogP contribution >= 0.6 is 0 Å². The largest absolute Gasteiger partial charge is 0.329 e. The molecule has 0 saturated carbocycles. The number of benzene rings is 2. The molecule has 0 spiro atoms. The molecule has 0 aliphatic carbocycles. The van der Waals surface area contributed by atoms with E-state index in [1.54, 1.807) is 12.1 Å². The van der Waals surface area contributed by atoms with Crippen molar-refractivity contribution in [1.29, 1.82) is 0 Å². The summed E-state index contributed by atoms with van der Waals surface area (Å²) in [7, 11) is 0. The van der Waals surface area contributed by atoms with Gasteiger partial charge in [-0.3, -0.25) is 4.79 Å². The summed E-state index contributed by atoms with van der Waals surface area (Å²) in [5, 5.41) is 8.26. The van der Waals surface area contributed by atoms with Crippen LogP contribution < -0.4 is 16.0 Å². The summed E-state index contributed by atoms with van der Waals surface area (Å²) in [6.45, 7) is 8.30. The number of hydrogen-bond acceptors (Lipinski definition) is 2. The molecule has 2 aromatic rings. The summed E-state index contributed by atoms with van der Waals surface area (Å²) < 4.78 is 0. The molecule has 0 aromatic heterocycles. The van der Waals surface area contributed by atoms with Crippen LogP contribution in [0.25, 0.3) is 0 Å². The number of amides is 3. The van der Waals surface area contributed by atoms with E-state index in [9.17, 15) is 9.59 Å². The molecule has 0 unspecified atom stereocenters. The molecule has 0 fully saturated rings. The number of carbonyl (C=O) groups excluding carboxylic acids is 2. The van der Waals surface area contributed by atoms with Gasteiger partial charge in [-0.1, -0.05) is 64.1 Å². The lowest BCUT2D eigenvalue weighted by molar-refractivity contribution is -0.115. The molecule has 0 heterocycles. The third-order valence-electron chi connectivity index (χ3n) is 4.08. The van der Waals surface area contributed by atoms with E-state index in [1.165, 1.54) is 0 Å². The van der Waals surface area contributed by atoms with Gasteiger partial charge in [-0.2, -0.15) is 0 Å². The first-order valence-electron chi connectivity index (χ1n) is 8.91. The van der Waals surface area contributed by atoms with Crippen LogP contribution in [0.1, 0.15) is 50.7 Å². The van der Waals surface area contributed by atoms with Crippen molar-refractivity contribution >= 4 is 23.3 Å². The first kappa shape index (κ1) is 19.5. The van der Waals surface area contributed by atoms with Crippen molar-refractivity contribution in [1.82, 2.24) is 5.32 Å². The average molecular weight is 353 g/mol. The number of rotatable bonds is 6. The SMILES string of the molecule is CC(C)c1cccc(C(C)C)c1NC(=O)CNC(=O)Nc1ccccc1. The van der Waals surface area contributed by atoms with Crippen molar-refractivity contribution in [3.05, 3.63) is 59.7 Å². The summed E-state index contributed by atoms with van der Waals surface area (Å²) in [6, 6.07) is 14.8. The average Bonchev–Trinajstić information content (AvgIpc) is 2.60. The first-order chi connectivity index (χ1) is 12.4. The number of carbonyl (C=O) groups is 2. The van der Waals surface area contributed by atoms with Gasteiger partial charge in [0, 0.05) is 11.4 Å². The maximum Gasteiger partial charge on any atom is 0.319 e. The van der Waals surface area contributed by atoms with E-state index in [0.29, 0.717) is 17.5 Å². The highest BCUT2D eigenvalue weighted by Gasteiger charge is 2.16. The molecule has 2 aromatic carbocycles. The smallest absolute Gasteiger partial charge is 0.319 e. The summed E-state index contributed by atoms with van der Waals surface area (Å²) >= 11 is 0. The fraction of sp³-hybridized carbons (Fsp3) is 0.333. The number of nitrogens with one attached hydrogen (secondary N) is 3. The minimum atomic E-state index is -0.410. The first-order valence-corrected chi connectivity index (χ1v) is 8.91. The van der Waals surface area contributed by atoms with E-state index in [1.807, 2.05) is 36.4 Å². The van der Waals surface area contributed by atoms with Gasteiger partial charge in [0.15, 0.2) is 0 Å². The highest BCUT2D eigenvalue weighted by Crippen LogP contribution is 2.32. The Bertz CT molecular complexity index is 729. The van der Waals surface area contributed by atoms with Gasteiger partial charge in [-0.05, 0) is 35.1 Å². The lowest BCUT2D eigenvalue weighted by Gasteiger charge is -2.20. The van der Waals surface area contributed by atoms with Crippen molar-refractivity contribution in [3.63, 3.8) is 0 Å². The fourth-order valence-electron chi connectivity index (χ4n) is 2.74. The fourth-order valence-corrected chi connectivity index (χ4v) is 2.74. The second kappa shape index (κ2) is 9.04. The maximum atomic E-state index is 12.4. The van der Waals surface area contributed by atoms with Gasteiger partial charge in [0.25, 0.3) is 0 Å². The Morgan fingerprint density at radius 3 is 1.92 bits per heavy atom. The van der Waals surface area contributed by atoms with Crippen LogP contribution in [0.3, 0.4) is 0 Å². The van der Waals surface area contributed by atoms with E-state index >= 15 is 0 Å². The van der Waals surface area contributed by atoms with Gasteiger partial charge in [0.2, 0.25) is 5.91 Å². The molecular weight excluding hydrogens is 326 g/mol. The van der Waals surface area contributed by atoms with E-state index < -0.39 is 6.03 Å². The Morgan fingerprint density at radius 2 is 1.38 bits per heavy atom. The van der Waals surface area contributed by atoms with E-state index in [0.717, 1.165) is 16.8 Å². The molecule has 5 nitrogen and oxygen atoms in total. The van der Waals surface area contributed by atoms with Crippen molar-refractivity contribution in [2.75, 3.05) is 17.2 Å². The normalized spacial score (nSPS) is 10.7. The van der Waals surface area contributed by atoms with Crippen LogP contribution in [0.15, 0.2) is 48.5 Å². The molecule has 0 bridgehead atoms. The van der Waals surface area contributed by atoms with Gasteiger partial charge >= 0.3 is 6.03 Å². The molecule has 2 rings (SSSR count). The zero-order valence-corrected chi connectivity index (χ0v) is 15.8. The van der Waals surface area contributed by atoms with Gasteiger partial charge in [-0.25, -0.2) is 4.79 Å². The Morgan fingerprint density at radius 1 is 0.808 bits per heavy atom. The van der Waals surface area contributed by atoms with Crippen LogP contribution in [0, 0.1) is 0 Å². The predicted molar refractivity (Wildman–Crippen MR) is 107 cm³/mol. The molecule has 0 radical (unpaired) electrons. The summed E-state index contributed by atoms with van der Waals surface area (Å²) in [4.78, 5) is 24.3. The molecule has 3 amide bonds. The highest BCUT2D eigenvalue weighted by atomic mass is 16.2. The molecule has 0 aliphatic heterocycles. The molecule has 0 aliphatic rings. The Labute approximate surface area is 155 Å². The molecule has 3 N–H and O–H groups in total. The van der Waals surface area contributed by atoms with Crippen LogP contribution in [-0.2, 0) is 4.79 Å². The molecule has 5 heteroatoms. The Hall–Kier alpha value is -2.82. The van der Waals surface area contributed by atoms with Crippen molar-refractivity contribution in [2.24, 2.45) is 0 Å². The lowest BCUT2D eigenvalue weighted by atomic mass is 9.92. The van der Waals surface area contributed by atoms with E-state index in [2.05, 4.69) is 43.6 Å².